The smallest absolute Gasteiger partial charge is 0.255 e. The zero-order valence-corrected chi connectivity index (χ0v) is 30.1. The van der Waals surface area contributed by atoms with E-state index >= 15 is 0 Å². The number of hydrogen-bond donors (Lipinski definition) is 2. The van der Waals surface area contributed by atoms with E-state index in [0.717, 1.165) is 27.9 Å². The standard InChI is InChI=1S/C39H40ClN5O3S/c1-24-11-7-10-14-31(24)42-36(46)34-25(2)41-37-43-38(49-23-28-12-8-9-13-30(28)40)44-45(37)35(34)27-17-20-32(33(21-27)47-6)48-22-26-15-18-29(19-16-26)39(3,4)5/h7-21,35H,22-23H2,1-6H3,(H,42,46)(H,41,43,44). The highest BCUT2D eigenvalue weighted by molar-refractivity contribution is 7.98. The monoisotopic (exact) mass is 693 g/mol. The Bertz CT molecular complexity index is 2020. The summed E-state index contributed by atoms with van der Waals surface area (Å²) in [6.07, 6.45) is 0. The van der Waals surface area contributed by atoms with Crippen LogP contribution in [0.3, 0.4) is 0 Å². The van der Waals surface area contributed by atoms with Gasteiger partial charge in [0.05, 0.1) is 12.7 Å². The maximum absolute atomic E-state index is 14.1. The van der Waals surface area contributed by atoms with Gasteiger partial charge in [0.1, 0.15) is 12.6 Å². The number of nitrogens with one attached hydrogen (secondary N) is 2. The van der Waals surface area contributed by atoms with Crippen LogP contribution in [0, 0.1) is 6.92 Å². The molecule has 0 spiro atoms. The molecule has 4 aromatic carbocycles. The van der Waals surface area contributed by atoms with Crippen molar-refractivity contribution in [3.05, 3.63) is 135 Å². The molecule has 6 rings (SSSR count). The number of para-hydroxylation sites is 1. The van der Waals surface area contributed by atoms with Crippen molar-refractivity contribution in [3.8, 4) is 11.5 Å². The molecular formula is C39H40ClN5O3S. The van der Waals surface area contributed by atoms with Crippen LogP contribution in [-0.2, 0) is 22.6 Å². The number of aryl methyl sites for hydroxylation is 1. The lowest BCUT2D eigenvalue weighted by molar-refractivity contribution is -0.113. The minimum absolute atomic E-state index is 0.0780. The lowest BCUT2D eigenvalue weighted by Crippen LogP contribution is -2.31. The van der Waals surface area contributed by atoms with Crippen molar-refractivity contribution in [1.82, 2.24) is 14.8 Å². The number of anilines is 2. The molecule has 1 unspecified atom stereocenters. The molecule has 8 nitrogen and oxygen atoms in total. The molecule has 0 bridgehead atoms. The van der Waals surface area contributed by atoms with E-state index in [1.807, 2.05) is 80.6 Å². The lowest BCUT2D eigenvalue weighted by Gasteiger charge is -2.29. The largest absolute Gasteiger partial charge is 0.493 e. The van der Waals surface area contributed by atoms with E-state index in [1.54, 1.807) is 11.8 Å². The number of allylic oxidation sites excluding steroid dienone is 1. The van der Waals surface area contributed by atoms with Crippen LogP contribution in [0.1, 0.15) is 61.6 Å². The number of methoxy groups -OCH3 is 1. The van der Waals surface area contributed by atoms with Gasteiger partial charge in [0, 0.05) is 22.2 Å². The predicted octanol–water partition coefficient (Wildman–Crippen LogP) is 9.34. The Kier molecular flexibility index (Phi) is 10.0. The molecule has 1 atom stereocenters. The van der Waals surface area contributed by atoms with Gasteiger partial charge < -0.3 is 20.1 Å². The maximum Gasteiger partial charge on any atom is 0.255 e. The van der Waals surface area contributed by atoms with Crippen molar-refractivity contribution in [2.75, 3.05) is 17.7 Å². The molecule has 10 heteroatoms. The minimum Gasteiger partial charge on any atom is -0.493 e. The molecule has 1 amide bonds. The molecule has 2 N–H and O–H groups in total. The number of nitrogens with zero attached hydrogens (tertiary/aromatic N) is 3. The fraction of sp³-hybridized carbons (Fsp3) is 0.256. The number of ether oxygens (including phenoxy) is 2. The van der Waals surface area contributed by atoms with E-state index in [9.17, 15) is 4.79 Å². The highest BCUT2D eigenvalue weighted by atomic mass is 35.5. The first-order valence-electron chi connectivity index (χ1n) is 16.1. The van der Waals surface area contributed by atoms with E-state index in [0.29, 0.717) is 51.3 Å². The molecule has 2 heterocycles. The van der Waals surface area contributed by atoms with Gasteiger partial charge in [-0.2, -0.15) is 4.98 Å². The summed E-state index contributed by atoms with van der Waals surface area (Å²) in [6, 6.07) is 29.1. The van der Waals surface area contributed by atoms with Crippen LogP contribution in [0.4, 0.5) is 11.6 Å². The molecule has 0 radical (unpaired) electrons. The van der Waals surface area contributed by atoms with Crippen LogP contribution in [0.15, 0.2) is 107 Å². The Balaban J connectivity index is 1.32. The third-order valence-electron chi connectivity index (χ3n) is 8.50. The van der Waals surface area contributed by atoms with E-state index in [-0.39, 0.29) is 11.3 Å². The van der Waals surface area contributed by atoms with Gasteiger partial charge in [0.2, 0.25) is 11.1 Å². The third kappa shape index (κ3) is 7.63. The summed E-state index contributed by atoms with van der Waals surface area (Å²) in [5.74, 6) is 2.04. The van der Waals surface area contributed by atoms with Gasteiger partial charge in [-0.1, -0.05) is 111 Å². The highest BCUT2D eigenvalue weighted by Crippen LogP contribution is 2.40. The first-order chi connectivity index (χ1) is 23.5. The van der Waals surface area contributed by atoms with E-state index < -0.39 is 6.04 Å². The Hall–Kier alpha value is -4.73. The normalized spacial score (nSPS) is 14.2. The molecule has 252 valence electrons. The van der Waals surface area contributed by atoms with Crippen LogP contribution in [0.25, 0.3) is 0 Å². The number of halogens is 1. The van der Waals surface area contributed by atoms with E-state index in [1.165, 1.54) is 17.3 Å². The van der Waals surface area contributed by atoms with Crippen LogP contribution >= 0.6 is 23.4 Å². The Morgan fingerprint density at radius 1 is 0.980 bits per heavy atom. The summed E-state index contributed by atoms with van der Waals surface area (Å²) in [4.78, 5) is 18.9. The second-order valence-electron chi connectivity index (χ2n) is 13.0. The van der Waals surface area contributed by atoms with Crippen molar-refractivity contribution >= 4 is 40.9 Å². The fourth-order valence-corrected chi connectivity index (χ4v) is 6.81. The van der Waals surface area contributed by atoms with Crippen molar-refractivity contribution in [2.24, 2.45) is 0 Å². The number of carbonyl (C=O) groups excluding carboxylic acids is 1. The summed E-state index contributed by atoms with van der Waals surface area (Å²) in [5.41, 5.74) is 7.08. The van der Waals surface area contributed by atoms with Gasteiger partial charge in [-0.05, 0) is 71.3 Å². The van der Waals surface area contributed by atoms with Gasteiger partial charge in [0.25, 0.3) is 5.91 Å². The minimum atomic E-state index is -0.602. The Labute approximate surface area is 296 Å². The number of benzene rings is 4. The maximum atomic E-state index is 14.1. The molecule has 0 fully saturated rings. The summed E-state index contributed by atoms with van der Waals surface area (Å²) in [7, 11) is 1.61. The number of fused-ring (bicyclic) bond motifs is 1. The number of rotatable bonds is 10. The van der Waals surface area contributed by atoms with E-state index in [4.69, 9.17) is 31.2 Å². The van der Waals surface area contributed by atoms with Gasteiger partial charge in [-0.3, -0.25) is 4.79 Å². The molecular weight excluding hydrogens is 654 g/mol. The van der Waals surface area contributed by atoms with Crippen LogP contribution in [0.5, 0.6) is 11.5 Å². The number of amides is 1. The zero-order valence-electron chi connectivity index (χ0n) is 28.5. The topological polar surface area (TPSA) is 90.3 Å². The first-order valence-corrected chi connectivity index (χ1v) is 17.5. The van der Waals surface area contributed by atoms with Gasteiger partial charge in [-0.25, -0.2) is 4.68 Å². The molecule has 0 saturated carbocycles. The second kappa shape index (κ2) is 14.4. The third-order valence-corrected chi connectivity index (χ3v) is 9.76. The Morgan fingerprint density at radius 2 is 1.71 bits per heavy atom. The van der Waals surface area contributed by atoms with Crippen molar-refractivity contribution in [2.45, 2.75) is 63.6 Å². The Morgan fingerprint density at radius 3 is 2.43 bits per heavy atom. The quantitative estimate of drug-likeness (QED) is 0.141. The predicted molar refractivity (Wildman–Crippen MR) is 198 cm³/mol. The number of hydrogen-bond acceptors (Lipinski definition) is 7. The first kappa shape index (κ1) is 34.1. The summed E-state index contributed by atoms with van der Waals surface area (Å²) in [6.45, 7) is 10.8. The van der Waals surface area contributed by atoms with Crippen LogP contribution in [-0.4, -0.2) is 27.8 Å². The zero-order chi connectivity index (χ0) is 34.7. The lowest BCUT2D eigenvalue weighted by atomic mass is 9.87. The molecule has 1 aromatic heterocycles. The van der Waals surface area contributed by atoms with Gasteiger partial charge in [0.15, 0.2) is 11.5 Å². The molecule has 0 saturated heterocycles. The van der Waals surface area contributed by atoms with Gasteiger partial charge in [-0.15, -0.1) is 5.10 Å². The highest BCUT2D eigenvalue weighted by Gasteiger charge is 2.35. The van der Waals surface area contributed by atoms with Crippen molar-refractivity contribution in [3.63, 3.8) is 0 Å². The van der Waals surface area contributed by atoms with Gasteiger partial charge >= 0.3 is 0 Å². The summed E-state index contributed by atoms with van der Waals surface area (Å²) >= 11 is 7.90. The van der Waals surface area contributed by atoms with Crippen molar-refractivity contribution in [1.29, 1.82) is 0 Å². The number of carbonyl (C=O) groups is 1. The summed E-state index contributed by atoms with van der Waals surface area (Å²) in [5, 5.41) is 12.6. The number of thioether (sulfide) groups is 1. The average Bonchev–Trinajstić information content (AvgIpc) is 3.49. The molecule has 1 aliphatic rings. The van der Waals surface area contributed by atoms with Crippen molar-refractivity contribution < 1.29 is 14.3 Å². The fourth-order valence-electron chi connectivity index (χ4n) is 5.69. The van der Waals surface area contributed by atoms with E-state index in [2.05, 4.69) is 55.7 Å². The summed E-state index contributed by atoms with van der Waals surface area (Å²) < 4.78 is 13.8. The van der Waals surface area contributed by atoms with Crippen LogP contribution in [0.2, 0.25) is 5.02 Å². The average molecular weight is 694 g/mol. The molecule has 0 aliphatic carbocycles. The van der Waals surface area contributed by atoms with Crippen LogP contribution < -0.4 is 20.1 Å². The second-order valence-corrected chi connectivity index (χ2v) is 14.4. The molecule has 5 aromatic rings. The number of aromatic nitrogens is 3. The molecule has 49 heavy (non-hydrogen) atoms. The molecule has 1 aliphatic heterocycles. The SMILES string of the molecule is COc1cc(C2C(C(=O)Nc3ccccc3C)=C(C)Nc3nc(SCc4ccccc4Cl)nn32)ccc1OCc1ccc(C(C)(C)C)cc1.